The van der Waals surface area contributed by atoms with Crippen LogP contribution in [0.5, 0.6) is 0 Å². The van der Waals surface area contributed by atoms with Gasteiger partial charge in [0.05, 0.1) is 21.8 Å². The van der Waals surface area contributed by atoms with Crippen molar-refractivity contribution in [2.24, 2.45) is 11.8 Å². The van der Waals surface area contributed by atoms with Crippen molar-refractivity contribution in [2.45, 2.75) is 18.9 Å². The van der Waals surface area contributed by atoms with Gasteiger partial charge in [0.15, 0.2) is 0 Å². The molecule has 1 aromatic rings. The number of fused-ring (bicyclic) bond motifs is 1. The van der Waals surface area contributed by atoms with Gasteiger partial charge in [-0.2, -0.15) is 0 Å². The van der Waals surface area contributed by atoms with Crippen LogP contribution in [-0.2, 0) is 0 Å². The number of halogens is 2. The first-order valence-electron chi connectivity index (χ1n) is 6.24. The second kappa shape index (κ2) is 4.48. The predicted molar refractivity (Wildman–Crippen MR) is 75.3 cm³/mol. The van der Waals surface area contributed by atoms with Gasteiger partial charge >= 0.3 is 0 Å². The molecule has 1 aliphatic heterocycles. The normalized spacial score (nSPS) is 30.8. The number of hydrogen-bond donors (Lipinski definition) is 2. The summed E-state index contributed by atoms with van der Waals surface area (Å²) in [5.41, 5.74) is 7.15. The molecule has 0 amide bonds. The maximum Gasteiger partial charge on any atom is 0.0746 e. The molecule has 2 fully saturated rings. The second-order valence-corrected chi connectivity index (χ2v) is 6.12. The number of anilines is 2. The van der Waals surface area contributed by atoms with E-state index in [4.69, 9.17) is 28.9 Å². The molecular weight excluding hydrogens is 271 g/mol. The molecule has 1 saturated carbocycles. The van der Waals surface area contributed by atoms with Gasteiger partial charge in [-0.3, -0.25) is 0 Å². The Hall–Kier alpha value is -0.640. The third kappa shape index (κ3) is 1.94. The zero-order valence-corrected chi connectivity index (χ0v) is 11.5. The Balaban J connectivity index is 1.89. The molecule has 3 N–H and O–H groups in total. The highest BCUT2D eigenvalue weighted by Gasteiger charge is 2.42. The smallest absolute Gasteiger partial charge is 0.0746 e. The van der Waals surface area contributed by atoms with Crippen molar-refractivity contribution in [1.82, 2.24) is 0 Å². The van der Waals surface area contributed by atoms with Crippen LogP contribution in [0.15, 0.2) is 12.1 Å². The van der Waals surface area contributed by atoms with Crippen molar-refractivity contribution in [3.05, 3.63) is 22.2 Å². The summed E-state index contributed by atoms with van der Waals surface area (Å²) in [4.78, 5) is 2.18. The maximum atomic E-state index is 9.93. The molecule has 18 heavy (non-hydrogen) atoms. The van der Waals surface area contributed by atoms with Gasteiger partial charge in [0.1, 0.15) is 0 Å². The Bertz CT molecular complexity index is 457. The lowest BCUT2D eigenvalue weighted by molar-refractivity contribution is 0.133. The fourth-order valence-corrected chi connectivity index (χ4v) is 4.05. The van der Waals surface area contributed by atoms with Crippen molar-refractivity contribution < 1.29 is 5.11 Å². The Labute approximate surface area is 116 Å². The number of aliphatic hydroxyl groups excluding tert-OH is 1. The summed E-state index contributed by atoms with van der Waals surface area (Å²) in [6.45, 7) is 1.75. The van der Waals surface area contributed by atoms with Crippen LogP contribution in [0.2, 0.25) is 10.0 Å². The van der Waals surface area contributed by atoms with Crippen LogP contribution in [0.3, 0.4) is 0 Å². The summed E-state index contributed by atoms with van der Waals surface area (Å²) in [7, 11) is 0. The third-order valence-electron chi connectivity index (χ3n) is 4.17. The average molecular weight is 287 g/mol. The van der Waals surface area contributed by atoms with E-state index in [0.717, 1.165) is 31.6 Å². The van der Waals surface area contributed by atoms with Crippen molar-refractivity contribution in [1.29, 1.82) is 0 Å². The average Bonchev–Trinajstić information content (AvgIpc) is 2.80. The zero-order chi connectivity index (χ0) is 12.9. The highest BCUT2D eigenvalue weighted by Crippen LogP contribution is 2.44. The molecule has 2 aliphatic rings. The molecule has 0 radical (unpaired) electrons. The van der Waals surface area contributed by atoms with E-state index in [0.29, 0.717) is 27.6 Å². The van der Waals surface area contributed by atoms with Gasteiger partial charge < -0.3 is 15.7 Å². The molecule has 0 bridgehead atoms. The predicted octanol–water partition coefficient (Wildman–Crippen LogP) is 2.78. The second-order valence-electron chi connectivity index (χ2n) is 5.31. The summed E-state index contributed by atoms with van der Waals surface area (Å²) < 4.78 is 0. The molecule has 1 aliphatic carbocycles. The minimum absolute atomic E-state index is 0.175. The summed E-state index contributed by atoms with van der Waals surface area (Å²) in [6.07, 6.45) is 1.84. The fraction of sp³-hybridized carbons (Fsp3) is 0.538. The molecule has 0 spiro atoms. The molecule has 5 heteroatoms. The minimum Gasteiger partial charge on any atom is -0.399 e. The molecule has 3 unspecified atom stereocenters. The molecule has 3 nitrogen and oxygen atoms in total. The third-order valence-corrected chi connectivity index (χ3v) is 4.75. The summed E-state index contributed by atoms with van der Waals surface area (Å²) in [5.74, 6) is 0.916. The SMILES string of the molecule is Nc1cc(Cl)c(N2CC3CCC(O)C3C2)c(Cl)c1. The first-order chi connectivity index (χ1) is 8.56. The molecular formula is C13H16Cl2N2O. The number of aliphatic hydroxyl groups is 1. The summed E-state index contributed by atoms with van der Waals surface area (Å²) in [6, 6.07) is 3.46. The standard InChI is InChI=1S/C13H16Cl2N2O/c14-10-3-8(16)4-11(15)13(10)17-5-7-1-2-12(18)9(7)6-17/h3-4,7,9,12,18H,1-2,5-6,16H2. The summed E-state index contributed by atoms with van der Waals surface area (Å²) >= 11 is 12.5. The van der Waals surface area contributed by atoms with E-state index >= 15 is 0 Å². The van der Waals surface area contributed by atoms with Gasteiger partial charge in [-0.1, -0.05) is 23.2 Å². The highest BCUT2D eigenvalue weighted by molar-refractivity contribution is 6.39. The largest absolute Gasteiger partial charge is 0.399 e. The fourth-order valence-electron chi connectivity index (χ4n) is 3.31. The van der Waals surface area contributed by atoms with Gasteiger partial charge in [0, 0.05) is 24.7 Å². The molecule has 3 atom stereocenters. The van der Waals surface area contributed by atoms with E-state index in [1.165, 1.54) is 0 Å². The quantitative estimate of drug-likeness (QED) is 0.781. The number of rotatable bonds is 1. The molecule has 1 heterocycles. The molecule has 0 aromatic heterocycles. The maximum absolute atomic E-state index is 9.93. The minimum atomic E-state index is -0.175. The van der Waals surface area contributed by atoms with Crippen LogP contribution in [0.25, 0.3) is 0 Å². The van der Waals surface area contributed by atoms with Gasteiger partial charge in [-0.15, -0.1) is 0 Å². The molecule has 1 aromatic carbocycles. The molecule has 3 rings (SSSR count). The lowest BCUT2D eigenvalue weighted by Gasteiger charge is -2.23. The van der Waals surface area contributed by atoms with Crippen LogP contribution in [0.1, 0.15) is 12.8 Å². The van der Waals surface area contributed by atoms with Crippen molar-refractivity contribution in [3.63, 3.8) is 0 Å². The highest BCUT2D eigenvalue weighted by atomic mass is 35.5. The van der Waals surface area contributed by atoms with Crippen LogP contribution in [0, 0.1) is 11.8 Å². The van der Waals surface area contributed by atoms with Crippen LogP contribution in [-0.4, -0.2) is 24.3 Å². The van der Waals surface area contributed by atoms with Gasteiger partial charge in [-0.05, 0) is 30.9 Å². The first kappa shape index (κ1) is 12.4. The van der Waals surface area contributed by atoms with Gasteiger partial charge in [0.25, 0.3) is 0 Å². The summed E-state index contributed by atoms with van der Waals surface area (Å²) in [5, 5.41) is 11.1. The Morgan fingerprint density at radius 3 is 2.44 bits per heavy atom. The lowest BCUT2D eigenvalue weighted by Crippen LogP contribution is -2.24. The number of nitrogens with zero attached hydrogens (tertiary/aromatic N) is 1. The van der Waals surface area contributed by atoms with Crippen molar-refractivity contribution in [3.8, 4) is 0 Å². The number of nitrogen functional groups attached to an aromatic ring is 1. The number of nitrogens with two attached hydrogens (primary N) is 1. The topological polar surface area (TPSA) is 49.5 Å². The van der Waals surface area contributed by atoms with Gasteiger partial charge in [0.2, 0.25) is 0 Å². The van der Waals surface area contributed by atoms with E-state index in [1.807, 2.05) is 0 Å². The van der Waals surface area contributed by atoms with E-state index in [1.54, 1.807) is 12.1 Å². The van der Waals surface area contributed by atoms with Crippen LogP contribution >= 0.6 is 23.2 Å². The Morgan fingerprint density at radius 2 is 1.83 bits per heavy atom. The van der Waals surface area contributed by atoms with Gasteiger partial charge in [-0.25, -0.2) is 0 Å². The van der Waals surface area contributed by atoms with Crippen LogP contribution in [0.4, 0.5) is 11.4 Å². The van der Waals surface area contributed by atoms with E-state index in [2.05, 4.69) is 4.90 Å². The first-order valence-corrected chi connectivity index (χ1v) is 6.99. The number of hydrogen-bond acceptors (Lipinski definition) is 3. The Kier molecular flexibility index (Phi) is 3.08. The lowest BCUT2D eigenvalue weighted by atomic mass is 10.00. The van der Waals surface area contributed by atoms with E-state index < -0.39 is 0 Å². The number of benzene rings is 1. The monoisotopic (exact) mass is 286 g/mol. The van der Waals surface area contributed by atoms with E-state index in [-0.39, 0.29) is 6.10 Å². The van der Waals surface area contributed by atoms with E-state index in [9.17, 15) is 5.11 Å². The van der Waals surface area contributed by atoms with Crippen LogP contribution < -0.4 is 10.6 Å². The Morgan fingerprint density at radius 1 is 1.17 bits per heavy atom. The molecule has 98 valence electrons. The van der Waals surface area contributed by atoms with Crippen molar-refractivity contribution >= 4 is 34.6 Å². The molecule has 1 saturated heterocycles. The van der Waals surface area contributed by atoms with Crippen molar-refractivity contribution in [2.75, 3.05) is 23.7 Å². The zero-order valence-electron chi connectivity index (χ0n) is 9.94.